The first-order valence-electron chi connectivity index (χ1n) is 8.53. The zero-order valence-corrected chi connectivity index (χ0v) is 15.4. The van der Waals surface area contributed by atoms with Crippen LogP contribution in [0, 0.1) is 0 Å². The van der Waals surface area contributed by atoms with Gasteiger partial charge in [0.25, 0.3) is 0 Å². The molecule has 0 aliphatic carbocycles. The average molecular weight is 404 g/mol. The first kappa shape index (κ1) is 24.0. The minimum absolute atomic E-state index is 0.0258. The number of benzene rings is 2. The van der Waals surface area contributed by atoms with Gasteiger partial charge in [-0.1, -0.05) is 48.5 Å². The summed E-state index contributed by atoms with van der Waals surface area (Å²) < 4.78 is 0. The molecule has 0 aliphatic heterocycles. The second-order valence-corrected chi connectivity index (χ2v) is 5.71. The fourth-order valence-electron chi connectivity index (χ4n) is 1.96. The van der Waals surface area contributed by atoms with E-state index in [2.05, 4.69) is 15.3 Å². The first-order valence-corrected chi connectivity index (χ1v) is 8.53. The molecular weight excluding hydrogens is 380 g/mol. The lowest BCUT2D eigenvalue weighted by molar-refractivity contribution is -0.136. The number of hydrazone groups is 1. The quantitative estimate of drug-likeness (QED) is 0.0915. The van der Waals surface area contributed by atoms with Crippen molar-refractivity contribution < 1.29 is 30.3 Å². The number of carbonyl (C=O) groups excluding carboxylic acids is 1. The number of azo groups is 1. The number of carbonyl (C=O) groups is 1. The van der Waals surface area contributed by atoms with Crippen molar-refractivity contribution in [3.05, 3.63) is 66.2 Å². The molecular formula is C19H24N4O6. The van der Waals surface area contributed by atoms with Crippen molar-refractivity contribution in [3.8, 4) is 0 Å². The number of rotatable bonds is 7. The third kappa shape index (κ3) is 8.25. The lowest BCUT2D eigenvalue weighted by Crippen LogP contribution is -2.46. The fraction of sp³-hybridized carbons (Fsp3) is 0.263. The molecule has 0 aromatic heterocycles. The Morgan fingerprint density at radius 1 is 0.931 bits per heavy atom. The molecule has 7 N–H and O–H groups in total. The lowest BCUT2D eigenvalue weighted by atomic mass is 10.0. The summed E-state index contributed by atoms with van der Waals surface area (Å²) in [7, 11) is 0. The third-order valence-electron chi connectivity index (χ3n) is 3.59. The monoisotopic (exact) mass is 404 g/mol. The molecule has 0 aliphatic rings. The van der Waals surface area contributed by atoms with Gasteiger partial charge in [-0.15, -0.1) is 10.2 Å². The minimum atomic E-state index is -1.79. The van der Waals surface area contributed by atoms with Gasteiger partial charge in [-0.05, 0) is 12.1 Å². The molecule has 4 atom stereocenters. The van der Waals surface area contributed by atoms with Crippen molar-refractivity contribution >= 4 is 17.8 Å². The van der Waals surface area contributed by atoms with E-state index in [0.717, 1.165) is 11.3 Å². The van der Waals surface area contributed by atoms with E-state index in [0.29, 0.717) is 5.84 Å². The molecule has 10 heteroatoms. The molecule has 0 amide bonds. The summed E-state index contributed by atoms with van der Waals surface area (Å²) in [6.07, 6.45) is -6.84. The van der Waals surface area contributed by atoms with Crippen LogP contribution >= 0.6 is 0 Å². The third-order valence-corrected chi connectivity index (χ3v) is 3.59. The highest BCUT2D eigenvalue weighted by molar-refractivity contribution is 5.98. The van der Waals surface area contributed by atoms with Crippen molar-refractivity contribution in [2.24, 2.45) is 21.2 Å². The van der Waals surface area contributed by atoms with Crippen molar-refractivity contribution in [3.63, 3.8) is 0 Å². The van der Waals surface area contributed by atoms with Gasteiger partial charge in [-0.3, -0.25) is 0 Å². The molecule has 0 fully saturated rings. The largest absolute Gasteiger partial charge is 0.394 e. The first-order chi connectivity index (χ1) is 13.9. The van der Waals surface area contributed by atoms with Crippen molar-refractivity contribution in [2.45, 2.75) is 24.4 Å². The number of amidine groups is 1. The van der Waals surface area contributed by atoms with E-state index < -0.39 is 31.0 Å². The number of aliphatic hydroxyl groups is 5. The van der Waals surface area contributed by atoms with Crippen LogP contribution in [0.5, 0.6) is 0 Å². The van der Waals surface area contributed by atoms with Crippen LogP contribution in [-0.4, -0.2) is 68.7 Å². The molecule has 0 heterocycles. The van der Waals surface area contributed by atoms with E-state index >= 15 is 0 Å². The van der Waals surface area contributed by atoms with Gasteiger partial charge in [0.05, 0.1) is 12.3 Å². The summed E-state index contributed by atoms with van der Waals surface area (Å²) in [6, 6.07) is 18.9. The van der Waals surface area contributed by atoms with E-state index in [1.165, 1.54) is 0 Å². The van der Waals surface area contributed by atoms with Crippen LogP contribution in [0.4, 0.5) is 5.69 Å². The molecule has 10 nitrogen and oxygen atoms in total. The van der Waals surface area contributed by atoms with Gasteiger partial charge in [0, 0.05) is 5.56 Å². The van der Waals surface area contributed by atoms with Crippen LogP contribution in [-0.2, 0) is 4.79 Å². The number of aldehydes is 1. The second-order valence-electron chi connectivity index (χ2n) is 5.71. The molecule has 0 saturated heterocycles. The maximum Gasteiger partial charge on any atom is 0.200 e. The standard InChI is InChI=1S/C13H12N4.C6H12O6/c14-15-13(11-7-3-1-4-8-11)17-16-12-9-5-2-6-10-12;7-1-3(9)5(11)6(12)4(10)2-8/h1-10H,14H2;1,3-6,8-12H,2H2/t;3-,4+,5+,6+/m.0/s1. The van der Waals surface area contributed by atoms with Crippen LogP contribution in [0.25, 0.3) is 0 Å². The zero-order chi connectivity index (χ0) is 21.6. The highest BCUT2D eigenvalue weighted by Gasteiger charge is 2.29. The normalized spacial score (nSPS) is 15.7. The molecule has 0 radical (unpaired) electrons. The van der Waals surface area contributed by atoms with Crippen LogP contribution in [0.2, 0.25) is 0 Å². The smallest absolute Gasteiger partial charge is 0.200 e. The Morgan fingerprint density at radius 3 is 1.97 bits per heavy atom. The predicted molar refractivity (Wildman–Crippen MR) is 105 cm³/mol. The Hall–Kier alpha value is -3.02. The Kier molecular flexibility index (Phi) is 10.9. The summed E-state index contributed by atoms with van der Waals surface area (Å²) in [4.78, 5) is 9.90. The Morgan fingerprint density at radius 2 is 1.48 bits per heavy atom. The van der Waals surface area contributed by atoms with Gasteiger partial charge in [-0.2, -0.15) is 5.10 Å². The topological polar surface area (TPSA) is 181 Å². The summed E-state index contributed by atoms with van der Waals surface area (Å²) >= 11 is 0. The molecule has 2 aromatic carbocycles. The summed E-state index contributed by atoms with van der Waals surface area (Å²) in [5.74, 6) is 5.71. The number of hydrogen-bond acceptors (Lipinski definition) is 9. The minimum Gasteiger partial charge on any atom is -0.394 e. The maximum absolute atomic E-state index is 9.90. The number of nitrogens with two attached hydrogens (primary N) is 1. The molecule has 0 unspecified atom stereocenters. The van der Waals surface area contributed by atoms with Crippen molar-refractivity contribution in [1.82, 2.24) is 0 Å². The summed E-state index contributed by atoms with van der Waals surface area (Å²) in [6.45, 7) is -0.760. The maximum atomic E-state index is 9.90. The zero-order valence-electron chi connectivity index (χ0n) is 15.4. The van der Waals surface area contributed by atoms with E-state index in [9.17, 15) is 4.79 Å². The molecule has 0 saturated carbocycles. The number of nitrogens with zero attached hydrogens (tertiary/aromatic N) is 3. The van der Waals surface area contributed by atoms with Gasteiger partial charge >= 0.3 is 0 Å². The second kappa shape index (κ2) is 13.2. The summed E-state index contributed by atoms with van der Waals surface area (Å²) in [5, 5.41) is 55.3. The van der Waals surface area contributed by atoms with Gasteiger partial charge in [0.1, 0.15) is 24.4 Å². The van der Waals surface area contributed by atoms with Crippen LogP contribution in [0.1, 0.15) is 5.56 Å². The van der Waals surface area contributed by atoms with Gasteiger partial charge < -0.3 is 36.2 Å². The predicted octanol–water partition coefficient (Wildman–Crippen LogP) is -0.288. The van der Waals surface area contributed by atoms with Crippen LogP contribution in [0.3, 0.4) is 0 Å². The average Bonchev–Trinajstić information content (AvgIpc) is 2.79. The van der Waals surface area contributed by atoms with E-state index in [1.54, 1.807) is 0 Å². The van der Waals surface area contributed by atoms with Gasteiger partial charge in [0.15, 0.2) is 12.1 Å². The van der Waals surface area contributed by atoms with Crippen molar-refractivity contribution in [2.75, 3.05) is 6.61 Å². The van der Waals surface area contributed by atoms with E-state index in [1.807, 2.05) is 60.7 Å². The van der Waals surface area contributed by atoms with E-state index in [4.69, 9.17) is 31.4 Å². The molecule has 0 bridgehead atoms. The Labute approximate surface area is 167 Å². The lowest BCUT2D eigenvalue weighted by Gasteiger charge is -2.22. The molecule has 29 heavy (non-hydrogen) atoms. The Balaban J connectivity index is 0.000000311. The highest BCUT2D eigenvalue weighted by Crippen LogP contribution is 2.12. The van der Waals surface area contributed by atoms with Crippen LogP contribution in [0.15, 0.2) is 76.0 Å². The molecule has 0 spiro atoms. The summed E-state index contributed by atoms with van der Waals surface area (Å²) in [5.41, 5.74) is 1.61. The molecule has 156 valence electrons. The van der Waals surface area contributed by atoms with E-state index in [-0.39, 0.29) is 6.29 Å². The SMILES string of the molecule is NN=C(N=Nc1ccccc1)c1ccccc1.O=C[C@H](O)[C@@H](O)[C@H](O)[C@H](O)CO. The molecule has 2 aromatic rings. The fourth-order valence-corrected chi connectivity index (χ4v) is 1.96. The number of hydrogen-bond donors (Lipinski definition) is 6. The molecule has 2 rings (SSSR count). The van der Waals surface area contributed by atoms with Crippen molar-refractivity contribution in [1.29, 1.82) is 0 Å². The highest BCUT2D eigenvalue weighted by atomic mass is 16.4. The van der Waals surface area contributed by atoms with Gasteiger partial charge in [-0.25, -0.2) is 0 Å². The van der Waals surface area contributed by atoms with Crippen LogP contribution < -0.4 is 5.84 Å². The number of aliphatic hydroxyl groups excluding tert-OH is 5. The Bertz CT molecular complexity index is 773. The van der Waals surface area contributed by atoms with Gasteiger partial charge in [0.2, 0.25) is 0 Å².